The Morgan fingerprint density at radius 2 is 2.00 bits per heavy atom. The molecule has 0 saturated carbocycles. The number of ketones is 1. The Morgan fingerprint density at radius 3 is 2.72 bits per heavy atom. The zero-order valence-corrected chi connectivity index (χ0v) is 18.9. The van der Waals surface area contributed by atoms with Gasteiger partial charge in [-0.2, -0.15) is 0 Å². The van der Waals surface area contributed by atoms with Gasteiger partial charge in [0.05, 0.1) is 25.9 Å². The number of carbonyl (C=O) groups excluding carboxylic acids is 1. The lowest BCUT2D eigenvalue weighted by atomic mass is 9.67. The van der Waals surface area contributed by atoms with Crippen LogP contribution < -0.4 is 5.32 Å². The minimum Gasteiger partial charge on any atom is -0.383 e. The molecule has 0 N–H and O–H groups in total. The van der Waals surface area contributed by atoms with Gasteiger partial charge in [-0.05, 0) is 30.0 Å². The van der Waals surface area contributed by atoms with Gasteiger partial charge in [-0.3, -0.25) is 9.69 Å². The van der Waals surface area contributed by atoms with E-state index in [4.69, 9.17) is 14.8 Å². The maximum atomic E-state index is 14.6. The van der Waals surface area contributed by atoms with Crippen molar-refractivity contribution in [1.29, 1.82) is 0 Å². The molecule has 1 radical (unpaired) electrons. The van der Waals surface area contributed by atoms with Crippen LogP contribution in [0.2, 0.25) is 0 Å². The van der Waals surface area contributed by atoms with Crippen molar-refractivity contribution in [2.75, 3.05) is 53.1 Å². The van der Waals surface area contributed by atoms with Gasteiger partial charge < -0.3 is 9.47 Å². The second kappa shape index (κ2) is 10.7. The van der Waals surface area contributed by atoms with Crippen molar-refractivity contribution in [3.05, 3.63) is 71.0 Å². The fraction of sp³-hybridized carbons (Fsp3) is 0.500. The first-order valence-electron chi connectivity index (χ1n) is 11.4. The van der Waals surface area contributed by atoms with Crippen LogP contribution >= 0.6 is 0 Å². The second-order valence-corrected chi connectivity index (χ2v) is 8.78. The molecule has 0 aliphatic carbocycles. The van der Waals surface area contributed by atoms with E-state index < -0.39 is 0 Å². The summed E-state index contributed by atoms with van der Waals surface area (Å²) < 4.78 is 25.7. The molecule has 2 aliphatic heterocycles. The summed E-state index contributed by atoms with van der Waals surface area (Å²) in [6, 6.07) is 14.6. The molecule has 171 valence electrons. The quantitative estimate of drug-likeness (QED) is 0.622. The third-order valence-corrected chi connectivity index (χ3v) is 6.88. The van der Waals surface area contributed by atoms with Crippen molar-refractivity contribution in [3.63, 3.8) is 0 Å². The molecule has 0 bridgehead atoms. The van der Waals surface area contributed by atoms with Gasteiger partial charge in [0.25, 0.3) is 0 Å². The van der Waals surface area contributed by atoms with Gasteiger partial charge in [0.2, 0.25) is 0 Å². The number of nitrogens with zero attached hydrogens (tertiary/aromatic N) is 2. The summed E-state index contributed by atoms with van der Waals surface area (Å²) in [6.45, 7) is 6.38. The highest BCUT2D eigenvalue weighted by atomic mass is 19.1. The summed E-state index contributed by atoms with van der Waals surface area (Å²) in [5, 5.41) is 4.87. The minimum atomic E-state index is -0.300. The third kappa shape index (κ3) is 4.94. The van der Waals surface area contributed by atoms with Gasteiger partial charge in [-0.15, -0.1) is 0 Å². The van der Waals surface area contributed by atoms with E-state index in [0.717, 1.165) is 18.7 Å². The fourth-order valence-electron chi connectivity index (χ4n) is 5.23. The van der Waals surface area contributed by atoms with Crippen LogP contribution in [0, 0.1) is 24.6 Å². The summed E-state index contributed by atoms with van der Waals surface area (Å²) in [5.74, 6) is -0.508. The Labute approximate surface area is 189 Å². The van der Waals surface area contributed by atoms with Crippen molar-refractivity contribution in [2.24, 2.45) is 11.8 Å². The number of morpholine rings is 1. The molecular formula is C26H32FN2O3. The molecule has 2 aromatic carbocycles. The third-order valence-electron chi connectivity index (χ3n) is 6.88. The first-order chi connectivity index (χ1) is 15.6. The Morgan fingerprint density at radius 1 is 1.19 bits per heavy atom. The molecule has 2 saturated heterocycles. The van der Waals surface area contributed by atoms with Gasteiger partial charge in [0.15, 0.2) is 5.78 Å². The van der Waals surface area contributed by atoms with Crippen molar-refractivity contribution >= 4 is 5.78 Å². The highest BCUT2D eigenvalue weighted by Gasteiger charge is 2.45. The van der Waals surface area contributed by atoms with Crippen molar-refractivity contribution in [1.82, 2.24) is 10.2 Å². The average molecular weight is 440 g/mol. The van der Waals surface area contributed by atoms with Gasteiger partial charge in [0.1, 0.15) is 5.82 Å². The largest absolute Gasteiger partial charge is 0.383 e. The van der Waals surface area contributed by atoms with Crippen LogP contribution in [0.25, 0.3) is 0 Å². The molecule has 1 unspecified atom stereocenters. The number of hydrogen-bond acceptors (Lipinski definition) is 4. The summed E-state index contributed by atoms with van der Waals surface area (Å²) >= 11 is 0. The Balaban J connectivity index is 1.77. The predicted octanol–water partition coefficient (Wildman–Crippen LogP) is 3.30. The zero-order valence-electron chi connectivity index (χ0n) is 18.9. The van der Waals surface area contributed by atoms with E-state index in [1.165, 1.54) is 6.07 Å². The van der Waals surface area contributed by atoms with Gasteiger partial charge >= 0.3 is 0 Å². The first kappa shape index (κ1) is 23.1. The summed E-state index contributed by atoms with van der Waals surface area (Å²) in [4.78, 5) is 16.1. The van der Waals surface area contributed by atoms with E-state index in [9.17, 15) is 9.18 Å². The average Bonchev–Trinajstić information content (AvgIpc) is 2.84. The van der Waals surface area contributed by atoms with Crippen LogP contribution in [-0.4, -0.2) is 69.8 Å². The number of Topliss-reactive ketones (excluding diaryl/α,β-unsaturated/α-hetero) is 1. The molecular weight excluding hydrogens is 407 g/mol. The Kier molecular flexibility index (Phi) is 7.68. The fourth-order valence-corrected chi connectivity index (χ4v) is 5.23. The first-order valence-corrected chi connectivity index (χ1v) is 11.4. The maximum Gasteiger partial charge on any atom is 0.167 e. The molecule has 2 aromatic rings. The van der Waals surface area contributed by atoms with E-state index in [0.29, 0.717) is 44.0 Å². The van der Waals surface area contributed by atoms with Crippen molar-refractivity contribution in [2.45, 2.75) is 18.9 Å². The number of ether oxygens (including phenoxy) is 2. The molecule has 4 rings (SSSR count). The molecule has 32 heavy (non-hydrogen) atoms. The van der Waals surface area contributed by atoms with Gasteiger partial charge in [-0.25, -0.2) is 9.71 Å². The summed E-state index contributed by atoms with van der Waals surface area (Å²) in [7, 11) is 1.69. The zero-order chi connectivity index (χ0) is 22.5. The SMILES string of the molecule is COCCN1C[C@H](C(=O)c2ccccc2)[C@H](c2cccc(F)c2C)[C@@H](C2COCC[N]2)C1. The van der Waals surface area contributed by atoms with Crippen LogP contribution in [0.3, 0.4) is 0 Å². The highest BCUT2D eigenvalue weighted by molar-refractivity contribution is 5.98. The van der Waals surface area contributed by atoms with E-state index >= 15 is 0 Å². The molecule has 2 fully saturated rings. The van der Waals surface area contributed by atoms with Crippen LogP contribution in [0.15, 0.2) is 48.5 Å². The van der Waals surface area contributed by atoms with E-state index in [2.05, 4.69) is 4.90 Å². The maximum absolute atomic E-state index is 14.6. The highest BCUT2D eigenvalue weighted by Crippen LogP contribution is 2.42. The number of methoxy groups -OCH3 is 1. The van der Waals surface area contributed by atoms with E-state index in [1.54, 1.807) is 13.2 Å². The topological polar surface area (TPSA) is 52.9 Å². The number of piperidine rings is 1. The number of rotatable bonds is 7. The minimum absolute atomic E-state index is 0.0205. The van der Waals surface area contributed by atoms with Crippen LogP contribution in [0.4, 0.5) is 4.39 Å². The molecule has 4 atom stereocenters. The lowest BCUT2D eigenvalue weighted by Crippen LogP contribution is -2.56. The van der Waals surface area contributed by atoms with E-state index in [1.807, 2.05) is 43.3 Å². The molecule has 0 amide bonds. The molecule has 0 aromatic heterocycles. The lowest BCUT2D eigenvalue weighted by Gasteiger charge is -2.47. The summed E-state index contributed by atoms with van der Waals surface area (Å²) in [5.41, 5.74) is 2.23. The standard InChI is InChI=1S/C26H32FN2O3/c1-18-20(9-6-10-23(18)27)25-21(24-17-32-13-11-28-24)15-29(12-14-31-2)16-22(25)26(30)19-7-4-3-5-8-19/h3-10,21-22,24-25H,11-17H2,1-2H3/t21-,22+,24?,25-/m1/s1. The summed E-state index contributed by atoms with van der Waals surface area (Å²) in [6.07, 6.45) is 0. The second-order valence-electron chi connectivity index (χ2n) is 8.78. The molecule has 2 aliphatic rings. The van der Waals surface area contributed by atoms with Crippen LogP contribution in [-0.2, 0) is 9.47 Å². The Hall–Kier alpha value is -2.12. The number of carbonyl (C=O) groups is 1. The monoisotopic (exact) mass is 439 g/mol. The van der Waals surface area contributed by atoms with Crippen molar-refractivity contribution in [3.8, 4) is 0 Å². The number of halogens is 1. The normalized spacial score (nSPS) is 26.7. The molecule has 6 heteroatoms. The molecule has 5 nitrogen and oxygen atoms in total. The van der Waals surface area contributed by atoms with E-state index in [-0.39, 0.29) is 35.4 Å². The smallest absolute Gasteiger partial charge is 0.167 e. The van der Waals surface area contributed by atoms with Crippen LogP contribution in [0.5, 0.6) is 0 Å². The predicted molar refractivity (Wildman–Crippen MR) is 122 cm³/mol. The number of likely N-dealkylation sites (tertiary alicyclic amines) is 1. The number of hydrogen-bond donors (Lipinski definition) is 0. The lowest BCUT2D eigenvalue weighted by molar-refractivity contribution is 0.00628. The van der Waals surface area contributed by atoms with Crippen molar-refractivity contribution < 1.29 is 18.7 Å². The molecule has 0 spiro atoms. The van der Waals surface area contributed by atoms with Gasteiger partial charge in [0, 0.05) is 50.7 Å². The number of benzene rings is 2. The Bertz CT molecular complexity index is 901. The molecule has 2 heterocycles. The van der Waals surface area contributed by atoms with Gasteiger partial charge in [-0.1, -0.05) is 42.5 Å². The van der Waals surface area contributed by atoms with Crippen LogP contribution in [0.1, 0.15) is 27.4 Å².